The number of hydrogen-bond acceptors (Lipinski definition) is 7. The van der Waals surface area contributed by atoms with Gasteiger partial charge in [0.2, 0.25) is 0 Å². The molecular weight excluding hydrogens is 478 g/mol. The molecule has 7 heteroatoms. The van der Waals surface area contributed by atoms with Crippen molar-refractivity contribution in [1.82, 2.24) is 10.3 Å². The average molecular weight is 514 g/mol. The number of carbonyl (C=O) groups excluding carboxylic acids is 1. The number of nitrogens with zero attached hydrogens (tertiary/aromatic N) is 2. The van der Waals surface area contributed by atoms with E-state index in [-0.39, 0.29) is 23.8 Å². The van der Waals surface area contributed by atoms with Crippen molar-refractivity contribution < 1.29 is 19.4 Å². The van der Waals surface area contributed by atoms with Gasteiger partial charge in [0.15, 0.2) is 11.4 Å². The number of rotatable bonds is 11. The molecule has 0 unspecified atom stereocenters. The van der Waals surface area contributed by atoms with Gasteiger partial charge in [0.1, 0.15) is 18.8 Å². The number of fused-ring (bicyclic) bond motifs is 1. The molecule has 1 aliphatic carbocycles. The van der Waals surface area contributed by atoms with Crippen molar-refractivity contribution in [2.75, 3.05) is 19.8 Å². The van der Waals surface area contributed by atoms with Gasteiger partial charge in [-0.25, -0.2) is 9.78 Å². The number of aromatic nitrogens is 1. The van der Waals surface area contributed by atoms with Crippen LogP contribution in [-0.2, 0) is 17.6 Å². The average Bonchev–Trinajstić information content (AvgIpc) is 3.32. The number of hydrogen-bond donors (Lipinski definition) is 2. The van der Waals surface area contributed by atoms with Crippen molar-refractivity contribution in [2.24, 2.45) is 5.92 Å². The highest BCUT2D eigenvalue weighted by atomic mass is 16.5. The summed E-state index contributed by atoms with van der Waals surface area (Å²) in [5.41, 5.74) is 4.74. The van der Waals surface area contributed by atoms with Crippen LogP contribution in [0.25, 0.3) is 11.1 Å². The molecular formula is C31H35N3O4. The van der Waals surface area contributed by atoms with Crippen LogP contribution >= 0.6 is 0 Å². The minimum atomic E-state index is -0.777. The Morgan fingerprint density at radius 2 is 1.84 bits per heavy atom. The molecule has 1 aliphatic rings. The van der Waals surface area contributed by atoms with Crippen molar-refractivity contribution in [1.29, 1.82) is 5.26 Å². The third-order valence-electron chi connectivity index (χ3n) is 6.89. The van der Waals surface area contributed by atoms with Gasteiger partial charge in [-0.1, -0.05) is 36.4 Å². The van der Waals surface area contributed by atoms with Gasteiger partial charge >= 0.3 is 5.97 Å². The maximum Gasteiger partial charge on any atom is 0.338 e. The topological polar surface area (TPSA) is 104 Å². The molecule has 0 radical (unpaired) electrons. The van der Waals surface area contributed by atoms with Gasteiger partial charge in [-0.15, -0.1) is 0 Å². The van der Waals surface area contributed by atoms with Gasteiger partial charge in [0.05, 0.1) is 12.2 Å². The Kier molecular flexibility index (Phi) is 8.77. The molecule has 1 atom stereocenters. The zero-order valence-corrected chi connectivity index (χ0v) is 22.2. The second-order valence-electron chi connectivity index (χ2n) is 10.4. The smallest absolute Gasteiger partial charge is 0.338 e. The summed E-state index contributed by atoms with van der Waals surface area (Å²) in [4.78, 5) is 16.1. The Morgan fingerprint density at radius 1 is 1.16 bits per heavy atom. The third kappa shape index (κ3) is 6.77. The van der Waals surface area contributed by atoms with Crippen LogP contribution in [-0.4, -0.2) is 47.5 Å². The molecule has 0 saturated carbocycles. The highest BCUT2D eigenvalue weighted by Crippen LogP contribution is 2.33. The Labute approximate surface area is 224 Å². The molecule has 0 saturated heterocycles. The summed E-state index contributed by atoms with van der Waals surface area (Å²) in [7, 11) is 0. The minimum absolute atomic E-state index is 0.00618. The molecule has 1 heterocycles. The van der Waals surface area contributed by atoms with Gasteiger partial charge in [-0.2, -0.15) is 5.26 Å². The second-order valence-corrected chi connectivity index (χ2v) is 10.4. The fraction of sp³-hybridized carbons (Fsp3) is 0.387. The molecule has 2 N–H and O–H groups in total. The lowest BCUT2D eigenvalue weighted by Gasteiger charge is -2.30. The zero-order chi connectivity index (χ0) is 27.1. The number of nitriles is 1. The first-order valence-corrected chi connectivity index (χ1v) is 13.1. The lowest BCUT2D eigenvalue weighted by atomic mass is 9.88. The molecule has 0 bridgehead atoms. The van der Waals surface area contributed by atoms with E-state index in [1.807, 2.05) is 0 Å². The van der Waals surface area contributed by atoms with Crippen molar-refractivity contribution >= 4 is 5.97 Å². The van der Waals surface area contributed by atoms with E-state index < -0.39 is 6.10 Å². The predicted molar refractivity (Wildman–Crippen MR) is 146 cm³/mol. The first-order valence-electron chi connectivity index (χ1n) is 13.1. The molecule has 38 heavy (non-hydrogen) atoms. The lowest BCUT2D eigenvalue weighted by molar-refractivity contribution is 0.0526. The Morgan fingerprint density at radius 3 is 2.47 bits per heavy atom. The highest BCUT2D eigenvalue weighted by Gasteiger charge is 2.28. The summed E-state index contributed by atoms with van der Waals surface area (Å²) in [6.07, 6.45) is 3.95. The third-order valence-corrected chi connectivity index (χ3v) is 6.89. The zero-order valence-electron chi connectivity index (χ0n) is 22.2. The molecule has 1 aromatic heterocycles. The highest BCUT2D eigenvalue weighted by molar-refractivity contribution is 5.90. The Balaban J connectivity index is 1.35. The fourth-order valence-corrected chi connectivity index (χ4v) is 5.12. The van der Waals surface area contributed by atoms with E-state index >= 15 is 0 Å². The van der Waals surface area contributed by atoms with Crippen LogP contribution in [0, 0.1) is 17.2 Å². The SMILES string of the molecule is CCOC(=O)c1ccc(-c2ccnc(C#N)c2OC[C@H](O)CNC(C)(C)CC2Cc3ccccc3C2)cc1. The van der Waals surface area contributed by atoms with E-state index in [2.05, 4.69) is 54.5 Å². The first-order chi connectivity index (χ1) is 18.3. The predicted octanol–water partition coefficient (Wildman–Crippen LogP) is 4.71. The van der Waals surface area contributed by atoms with Crippen LogP contribution in [0.2, 0.25) is 0 Å². The Hall–Kier alpha value is -3.73. The van der Waals surface area contributed by atoms with Crippen molar-refractivity contribution in [3.05, 3.63) is 83.2 Å². The normalized spacial score (nSPS) is 14.0. The number of aliphatic hydroxyl groups is 1. The van der Waals surface area contributed by atoms with Crippen LogP contribution < -0.4 is 10.1 Å². The summed E-state index contributed by atoms with van der Waals surface area (Å²) >= 11 is 0. The van der Waals surface area contributed by atoms with Crippen LogP contribution in [0.15, 0.2) is 60.8 Å². The monoisotopic (exact) mass is 513 g/mol. The molecule has 0 spiro atoms. The van der Waals surface area contributed by atoms with Crippen molar-refractivity contribution in [3.8, 4) is 22.9 Å². The van der Waals surface area contributed by atoms with Crippen LogP contribution in [0.5, 0.6) is 5.75 Å². The van der Waals surface area contributed by atoms with Gasteiger partial charge < -0.3 is 19.9 Å². The molecule has 0 aliphatic heterocycles. The van der Waals surface area contributed by atoms with Crippen LogP contribution in [0.3, 0.4) is 0 Å². The molecule has 4 rings (SSSR count). The molecule has 0 fully saturated rings. The van der Waals surface area contributed by atoms with E-state index in [0.717, 1.165) is 24.8 Å². The molecule has 0 amide bonds. The molecule has 3 aromatic rings. The van der Waals surface area contributed by atoms with Gasteiger partial charge in [0.25, 0.3) is 0 Å². The molecule has 7 nitrogen and oxygen atoms in total. The van der Waals surface area contributed by atoms with E-state index in [1.54, 1.807) is 43.5 Å². The van der Waals surface area contributed by atoms with E-state index in [1.165, 1.54) is 11.1 Å². The summed E-state index contributed by atoms with van der Waals surface area (Å²) in [5.74, 6) is 0.495. The number of β-amino-alcohol motifs (C(OH)–C–C–N with tert-alkyl or cyclic N) is 1. The maximum atomic E-state index is 12.0. The van der Waals surface area contributed by atoms with E-state index in [9.17, 15) is 15.2 Å². The number of aliphatic hydroxyl groups excluding tert-OH is 1. The lowest BCUT2D eigenvalue weighted by Crippen LogP contribution is -2.46. The van der Waals surface area contributed by atoms with E-state index in [0.29, 0.717) is 35.9 Å². The second kappa shape index (κ2) is 12.2. The number of benzene rings is 2. The summed E-state index contributed by atoms with van der Waals surface area (Å²) in [6, 6.07) is 19.4. The quantitative estimate of drug-likeness (QED) is 0.358. The number of ether oxygens (including phenoxy) is 2. The van der Waals surface area contributed by atoms with Crippen molar-refractivity contribution in [3.63, 3.8) is 0 Å². The Bertz CT molecular complexity index is 1270. The number of carbonyl (C=O) groups is 1. The number of pyridine rings is 1. The largest absolute Gasteiger partial charge is 0.487 e. The van der Waals surface area contributed by atoms with Crippen molar-refractivity contribution in [2.45, 2.75) is 51.7 Å². The van der Waals surface area contributed by atoms with Gasteiger partial charge in [-0.3, -0.25) is 0 Å². The number of nitrogens with one attached hydrogen (secondary N) is 1. The van der Waals surface area contributed by atoms with E-state index in [4.69, 9.17) is 9.47 Å². The van der Waals surface area contributed by atoms with Crippen LogP contribution in [0.1, 0.15) is 54.4 Å². The van der Waals surface area contributed by atoms with Gasteiger partial charge in [-0.05, 0) is 80.8 Å². The maximum absolute atomic E-state index is 12.0. The molecule has 198 valence electrons. The first kappa shape index (κ1) is 27.3. The summed E-state index contributed by atoms with van der Waals surface area (Å²) in [5, 5.41) is 23.8. The fourth-order valence-electron chi connectivity index (χ4n) is 5.12. The molecule has 2 aromatic carbocycles. The summed E-state index contributed by atoms with van der Waals surface area (Å²) < 4.78 is 11.0. The number of esters is 1. The standard InChI is InChI=1S/C31H35N3O4/c1-4-37-30(36)23-11-9-22(10-12-23)27-13-14-33-28(18-32)29(27)38-20-26(35)19-34-31(2,3)17-21-15-24-7-5-6-8-25(24)16-21/h5-14,21,26,34-35H,4,15-17,19-20H2,1-3H3/t26-/m1/s1. The minimum Gasteiger partial charge on any atom is -0.487 e. The van der Waals surface area contributed by atoms with Crippen LogP contribution in [0.4, 0.5) is 0 Å². The van der Waals surface area contributed by atoms with Gasteiger partial charge in [0, 0.05) is 23.8 Å². The summed E-state index contributed by atoms with van der Waals surface area (Å²) in [6.45, 7) is 6.76.